The lowest BCUT2D eigenvalue weighted by atomic mass is 9.87. The number of nitrogens with zero attached hydrogens (tertiary/aromatic N) is 1. The zero-order valence-corrected chi connectivity index (χ0v) is 16.1. The lowest BCUT2D eigenvalue weighted by molar-refractivity contribution is -0.140. The number of amides is 2. The first-order chi connectivity index (χ1) is 14.6. The number of hydrogen-bond donors (Lipinski definition) is 2. The lowest BCUT2D eigenvalue weighted by Crippen LogP contribution is -2.41. The van der Waals surface area contributed by atoms with Gasteiger partial charge in [0.15, 0.2) is 0 Å². The van der Waals surface area contributed by atoms with E-state index in [0.29, 0.717) is 5.56 Å². The Morgan fingerprint density at radius 2 is 1.74 bits per heavy atom. The summed E-state index contributed by atoms with van der Waals surface area (Å²) in [6.07, 6.45) is -5.95. The average molecular weight is 436 g/mol. The van der Waals surface area contributed by atoms with E-state index in [2.05, 4.69) is 0 Å². The third-order valence-electron chi connectivity index (χ3n) is 5.11. The second-order valence-electron chi connectivity index (χ2n) is 7.06. The Balaban J connectivity index is 1.88. The van der Waals surface area contributed by atoms with Gasteiger partial charge in [-0.2, -0.15) is 13.2 Å². The van der Waals surface area contributed by atoms with E-state index in [1.165, 1.54) is 0 Å². The second-order valence-corrected chi connectivity index (χ2v) is 7.06. The first kappa shape index (κ1) is 22.3. The maximum Gasteiger partial charge on any atom is 0.417 e. The van der Waals surface area contributed by atoms with E-state index < -0.39 is 54.1 Å². The highest BCUT2D eigenvalue weighted by Gasteiger charge is 2.41. The van der Waals surface area contributed by atoms with Crippen LogP contribution in [0.5, 0.6) is 0 Å². The largest absolute Gasteiger partial charge is 0.480 e. The number of halogens is 3. The first-order valence-electron chi connectivity index (χ1n) is 9.29. The summed E-state index contributed by atoms with van der Waals surface area (Å²) in [6, 6.07) is 10.1. The van der Waals surface area contributed by atoms with Crippen molar-refractivity contribution in [2.45, 2.75) is 30.6 Å². The molecular weight excluding hydrogens is 417 g/mol. The Bertz CT molecular complexity index is 963. The summed E-state index contributed by atoms with van der Waals surface area (Å²) in [4.78, 5) is 37.5. The maximum atomic E-state index is 13.0. The van der Waals surface area contributed by atoms with Gasteiger partial charge in [0.1, 0.15) is 18.7 Å². The molecule has 2 amide bonds. The molecule has 1 heterocycles. The van der Waals surface area contributed by atoms with Gasteiger partial charge in [0, 0.05) is 12.3 Å². The van der Waals surface area contributed by atoms with Gasteiger partial charge in [-0.25, -0.2) is 9.69 Å². The van der Waals surface area contributed by atoms with Crippen LogP contribution in [0.15, 0.2) is 54.6 Å². The number of rotatable bonds is 6. The summed E-state index contributed by atoms with van der Waals surface area (Å²) >= 11 is 0. The van der Waals surface area contributed by atoms with Crippen molar-refractivity contribution in [2.24, 2.45) is 5.73 Å². The average Bonchev–Trinajstić information content (AvgIpc) is 3.13. The zero-order chi connectivity index (χ0) is 22.8. The van der Waals surface area contributed by atoms with Crippen molar-refractivity contribution in [1.29, 1.82) is 0 Å². The van der Waals surface area contributed by atoms with Gasteiger partial charge in [-0.3, -0.25) is 9.59 Å². The summed E-state index contributed by atoms with van der Waals surface area (Å²) in [5.74, 6) is -3.32. The predicted molar refractivity (Wildman–Crippen MR) is 102 cm³/mol. The standard InChI is InChI=1S/C21H19F3N2O5/c22-21(23,24)14-8-6-12(7-9-14)15(18(25)19(28)29)10-17(27)26-16(11-31-20(26)30)13-4-2-1-3-5-13/h1-9,15-16,18H,10-11,25H2,(H,28,29)/t15-,16-,18+/m1/s1. The van der Waals surface area contributed by atoms with Crippen LogP contribution >= 0.6 is 0 Å². The van der Waals surface area contributed by atoms with Crippen LogP contribution in [0.3, 0.4) is 0 Å². The fourth-order valence-electron chi connectivity index (χ4n) is 3.45. The molecule has 1 fully saturated rings. The number of imide groups is 1. The van der Waals surface area contributed by atoms with Crippen LogP contribution < -0.4 is 5.73 Å². The summed E-state index contributed by atoms with van der Waals surface area (Å²) in [7, 11) is 0. The fourth-order valence-corrected chi connectivity index (χ4v) is 3.45. The smallest absolute Gasteiger partial charge is 0.417 e. The highest BCUT2D eigenvalue weighted by molar-refractivity contribution is 5.94. The van der Waals surface area contributed by atoms with Crippen LogP contribution in [-0.2, 0) is 20.5 Å². The number of alkyl halides is 3. The van der Waals surface area contributed by atoms with E-state index >= 15 is 0 Å². The molecule has 7 nitrogen and oxygen atoms in total. The van der Waals surface area contributed by atoms with Crippen LogP contribution in [0.1, 0.15) is 35.1 Å². The fraction of sp³-hybridized carbons (Fsp3) is 0.286. The number of carboxylic acid groups (broad SMARTS) is 1. The monoisotopic (exact) mass is 436 g/mol. The normalized spacial score (nSPS) is 18.4. The quantitative estimate of drug-likeness (QED) is 0.719. The minimum absolute atomic E-state index is 0.0650. The van der Waals surface area contributed by atoms with E-state index in [1.807, 2.05) is 0 Å². The molecule has 31 heavy (non-hydrogen) atoms. The molecule has 0 spiro atoms. The number of benzene rings is 2. The molecule has 1 saturated heterocycles. The van der Waals surface area contributed by atoms with Crippen molar-refractivity contribution < 1.29 is 37.4 Å². The molecule has 3 atom stereocenters. The third-order valence-corrected chi connectivity index (χ3v) is 5.11. The molecule has 10 heteroatoms. The summed E-state index contributed by atoms with van der Waals surface area (Å²) in [5.41, 5.74) is 5.60. The lowest BCUT2D eigenvalue weighted by Gasteiger charge is -2.25. The number of carbonyl (C=O) groups is 3. The predicted octanol–water partition coefficient (Wildman–Crippen LogP) is 3.31. The summed E-state index contributed by atoms with van der Waals surface area (Å²) in [5, 5.41) is 9.34. The number of carbonyl (C=O) groups excluding carboxylic acids is 2. The van der Waals surface area contributed by atoms with Gasteiger partial charge in [-0.15, -0.1) is 0 Å². The van der Waals surface area contributed by atoms with E-state index in [1.54, 1.807) is 30.3 Å². The van der Waals surface area contributed by atoms with Crippen LogP contribution in [0, 0.1) is 0 Å². The molecule has 0 aromatic heterocycles. The number of ether oxygens (including phenoxy) is 1. The molecule has 0 radical (unpaired) electrons. The highest BCUT2D eigenvalue weighted by Crippen LogP contribution is 2.34. The molecule has 164 valence electrons. The Kier molecular flexibility index (Phi) is 6.30. The molecule has 2 aromatic rings. The molecule has 0 saturated carbocycles. The molecular formula is C21H19F3N2O5. The van der Waals surface area contributed by atoms with Crippen molar-refractivity contribution in [3.8, 4) is 0 Å². The van der Waals surface area contributed by atoms with Gasteiger partial charge in [0.05, 0.1) is 5.56 Å². The van der Waals surface area contributed by atoms with Gasteiger partial charge in [0.25, 0.3) is 0 Å². The Morgan fingerprint density at radius 3 is 2.29 bits per heavy atom. The topological polar surface area (TPSA) is 110 Å². The second kappa shape index (κ2) is 8.76. The Hall–Kier alpha value is -3.40. The molecule has 2 aromatic carbocycles. The van der Waals surface area contributed by atoms with Crippen molar-refractivity contribution in [2.75, 3.05) is 6.61 Å². The summed E-state index contributed by atoms with van der Waals surface area (Å²) in [6.45, 7) is -0.0650. The van der Waals surface area contributed by atoms with Gasteiger partial charge in [0.2, 0.25) is 5.91 Å². The van der Waals surface area contributed by atoms with Crippen LogP contribution in [-0.4, -0.2) is 40.6 Å². The highest BCUT2D eigenvalue weighted by atomic mass is 19.4. The van der Waals surface area contributed by atoms with Crippen molar-refractivity contribution in [3.05, 3.63) is 71.3 Å². The minimum Gasteiger partial charge on any atom is -0.480 e. The van der Waals surface area contributed by atoms with Crippen LogP contribution in [0.25, 0.3) is 0 Å². The third kappa shape index (κ3) is 4.85. The molecule has 0 unspecified atom stereocenters. The Morgan fingerprint density at radius 1 is 1.13 bits per heavy atom. The number of cyclic esters (lactones) is 1. The number of nitrogens with two attached hydrogens (primary N) is 1. The zero-order valence-electron chi connectivity index (χ0n) is 16.1. The van der Waals surface area contributed by atoms with Gasteiger partial charge >= 0.3 is 18.2 Å². The molecule has 1 aliphatic rings. The Labute approximate surface area is 175 Å². The van der Waals surface area contributed by atoms with Crippen LogP contribution in [0.4, 0.5) is 18.0 Å². The molecule has 0 aliphatic carbocycles. The van der Waals surface area contributed by atoms with E-state index in [4.69, 9.17) is 10.5 Å². The SMILES string of the molecule is N[C@H](C(=O)O)[C@H](CC(=O)N1C(=O)OC[C@@H]1c1ccccc1)c1ccc(C(F)(F)F)cc1. The minimum atomic E-state index is -4.57. The van der Waals surface area contributed by atoms with Crippen molar-refractivity contribution in [3.63, 3.8) is 0 Å². The number of aliphatic carboxylic acids is 1. The number of hydrogen-bond acceptors (Lipinski definition) is 5. The van der Waals surface area contributed by atoms with Crippen molar-refractivity contribution >= 4 is 18.0 Å². The van der Waals surface area contributed by atoms with E-state index in [-0.39, 0.29) is 12.2 Å². The molecule has 3 rings (SSSR count). The van der Waals surface area contributed by atoms with E-state index in [9.17, 15) is 32.7 Å². The number of carboxylic acids is 1. The van der Waals surface area contributed by atoms with E-state index in [0.717, 1.165) is 29.2 Å². The summed E-state index contributed by atoms with van der Waals surface area (Å²) < 4.78 is 43.5. The van der Waals surface area contributed by atoms with Gasteiger partial charge in [-0.1, -0.05) is 42.5 Å². The van der Waals surface area contributed by atoms with Crippen LogP contribution in [0.2, 0.25) is 0 Å². The van der Waals surface area contributed by atoms with Gasteiger partial charge < -0.3 is 15.6 Å². The first-order valence-corrected chi connectivity index (χ1v) is 9.29. The molecule has 1 aliphatic heterocycles. The molecule has 0 bridgehead atoms. The molecule has 3 N–H and O–H groups in total. The van der Waals surface area contributed by atoms with Gasteiger partial charge in [-0.05, 0) is 23.3 Å². The van der Waals surface area contributed by atoms with Crippen molar-refractivity contribution in [1.82, 2.24) is 4.90 Å². The maximum absolute atomic E-state index is 13.0.